The van der Waals surface area contributed by atoms with E-state index in [1.165, 1.54) is 16.2 Å². The lowest BCUT2D eigenvalue weighted by Crippen LogP contribution is -2.46. The monoisotopic (exact) mass is 494 g/mol. The van der Waals surface area contributed by atoms with Gasteiger partial charge >= 0.3 is 0 Å². The first-order chi connectivity index (χ1) is 16.9. The molecule has 0 unspecified atom stereocenters. The van der Waals surface area contributed by atoms with Gasteiger partial charge in [0.05, 0.1) is 0 Å². The molecule has 1 aromatic carbocycles. The molecule has 2 heterocycles. The third kappa shape index (κ3) is 6.36. The van der Waals surface area contributed by atoms with Crippen LogP contribution in [0.1, 0.15) is 60.8 Å². The highest BCUT2D eigenvalue weighted by Crippen LogP contribution is 2.32. The average Bonchev–Trinajstić information content (AvgIpc) is 3.61. The normalized spacial score (nSPS) is 14.5. The van der Waals surface area contributed by atoms with Gasteiger partial charge in [0.2, 0.25) is 17.7 Å². The SMILES string of the molecule is Cc1ccc(N(C(=O)CCC(=O)Nc2cc(C)on2)[C@@H](C(=O)NC2CCCC2)c2cccs2)cc1. The number of thiophene rings is 1. The quantitative estimate of drug-likeness (QED) is 0.440. The fraction of sp³-hybridized carbons (Fsp3) is 0.385. The van der Waals surface area contributed by atoms with Gasteiger partial charge in [-0.1, -0.05) is 41.8 Å². The molecule has 1 fully saturated rings. The molecule has 4 rings (SSSR count). The van der Waals surface area contributed by atoms with E-state index in [1.54, 1.807) is 13.0 Å². The van der Waals surface area contributed by atoms with Crippen LogP contribution in [-0.2, 0) is 14.4 Å². The second-order valence-corrected chi connectivity index (χ2v) is 9.86. The van der Waals surface area contributed by atoms with Gasteiger partial charge in [0.15, 0.2) is 5.82 Å². The molecule has 35 heavy (non-hydrogen) atoms. The number of carbonyl (C=O) groups is 3. The fourth-order valence-corrected chi connectivity index (χ4v) is 5.10. The number of aryl methyl sites for hydroxylation is 2. The summed E-state index contributed by atoms with van der Waals surface area (Å²) in [5.41, 5.74) is 1.67. The van der Waals surface area contributed by atoms with Crippen LogP contribution in [0.3, 0.4) is 0 Å². The summed E-state index contributed by atoms with van der Waals surface area (Å²) in [6.45, 7) is 3.70. The Hall–Kier alpha value is -3.46. The average molecular weight is 495 g/mol. The molecular weight excluding hydrogens is 464 g/mol. The molecule has 0 bridgehead atoms. The maximum Gasteiger partial charge on any atom is 0.248 e. The summed E-state index contributed by atoms with van der Waals surface area (Å²) in [5.74, 6) is 0.0337. The van der Waals surface area contributed by atoms with Crippen LogP contribution in [0.5, 0.6) is 0 Å². The van der Waals surface area contributed by atoms with Gasteiger partial charge in [0, 0.05) is 35.5 Å². The Morgan fingerprint density at radius 3 is 2.49 bits per heavy atom. The molecule has 1 atom stereocenters. The standard InChI is InChI=1S/C26H30N4O4S/c1-17-9-11-20(12-10-17)30(24(32)14-13-23(31)28-22-16-18(2)34-29-22)25(21-8-5-15-35-21)26(33)27-19-6-3-4-7-19/h5,8-12,15-16,19,25H,3-4,6-7,13-14H2,1-2H3,(H,27,33)(H,28,29,31)/t25-/m1/s1. The molecule has 1 saturated carbocycles. The molecule has 3 amide bonds. The topological polar surface area (TPSA) is 105 Å². The predicted molar refractivity (Wildman–Crippen MR) is 135 cm³/mol. The lowest BCUT2D eigenvalue weighted by atomic mass is 10.1. The number of benzene rings is 1. The largest absolute Gasteiger partial charge is 0.360 e. The summed E-state index contributed by atoms with van der Waals surface area (Å²) >= 11 is 1.44. The van der Waals surface area contributed by atoms with Crippen LogP contribution in [0, 0.1) is 13.8 Å². The van der Waals surface area contributed by atoms with Crippen LogP contribution >= 0.6 is 11.3 Å². The summed E-state index contributed by atoms with van der Waals surface area (Å²) in [6.07, 6.45) is 3.97. The number of amides is 3. The maximum atomic E-state index is 13.6. The third-order valence-electron chi connectivity index (χ3n) is 6.06. The van der Waals surface area contributed by atoms with E-state index in [4.69, 9.17) is 4.52 Å². The van der Waals surface area contributed by atoms with E-state index >= 15 is 0 Å². The van der Waals surface area contributed by atoms with Crippen molar-refractivity contribution in [2.24, 2.45) is 0 Å². The van der Waals surface area contributed by atoms with Crippen molar-refractivity contribution < 1.29 is 18.9 Å². The van der Waals surface area contributed by atoms with Crippen molar-refractivity contribution in [1.82, 2.24) is 10.5 Å². The van der Waals surface area contributed by atoms with E-state index in [2.05, 4.69) is 15.8 Å². The van der Waals surface area contributed by atoms with Crippen LogP contribution < -0.4 is 15.5 Å². The zero-order valence-electron chi connectivity index (χ0n) is 20.0. The van der Waals surface area contributed by atoms with Crippen LogP contribution in [-0.4, -0.2) is 28.9 Å². The van der Waals surface area contributed by atoms with Gasteiger partial charge in [-0.05, 0) is 50.3 Å². The summed E-state index contributed by atoms with van der Waals surface area (Å²) in [4.78, 5) is 41.9. The molecule has 3 aromatic rings. The fourth-order valence-electron chi connectivity index (χ4n) is 4.28. The molecule has 1 aliphatic rings. The summed E-state index contributed by atoms with van der Waals surface area (Å²) in [5, 5.41) is 11.5. The van der Waals surface area contributed by atoms with E-state index in [0.29, 0.717) is 17.3 Å². The molecule has 0 radical (unpaired) electrons. The predicted octanol–water partition coefficient (Wildman–Crippen LogP) is 4.90. The number of rotatable bonds is 9. The molecule has 2 N–H and O–H groups in total. The molecule has 2 aromatic heterocycles. The number of hydrogen-bond donors (Lipinski definition) is 2. The highest BCUT2D eigenvalue weighted by molar-refractivity contribution is 7.10. The van der Waals surface area contributed by atoms with Crippen LogP contribution in [0.4, 0.5) is 11.5 Å². The van der Waals surface area contributed by atoms with Crippen molar-refractivity contribution in [3.8, 4) is 0 Å². The zero-order chi connectivity index (χ0) is 24.8. The van der Waals surface area contributed by atoms with Crippen LogP contribution in [0.2, 0.25) is 0 Å². The van der Waals surface area contributed by atoms with Crippen LogP contribution in [0.25, 0.3) is 0 Å². The number of hydrogen-bond acceptors (Lipinski definition) is 6. The molecule has 0 saturated heterocycles. The zero-order valence-corrected chi connectivity index (χ0v) is 20.8. The number of carbonyl (C=O) groups excluding carboxylic acids is 3. The Balaban J connectivity index is 1.57. The van der Waals surface area contributed by atoms with E-state index in [9.17, 15) is 14.4 Å². The Bertz CT molecular complexity index is 1150. The molecule has 184 valence electrons. The van der Waals surface area contributed by atoms with Crippen LogP contribution in [0.15, 0.2) is 52.4 Å². The van der Waals surface area contributed by atoms with Gasteiger partial charge in [-0.25, -0.2) is 0 Å². The Kier molecular flexibility index (Phi) is 7.97. The first-order valence-corrected chi connectivity index (χ1v) is 12.7. The first kappa shape index (κ1) is 24.7. The highest BCUT2D eigenvalue weighted by Gasteiger charge is 2.35. The number of anilines is 2. The highest BCUT2D eigenvalue weighted by atomic mass is 32.1. The minimum Gasteiger partial charge on any atom is -0.360 e. The molecule has 9 heteroatoms. The van der Waals surface area contributed by atoms with Gasteiger partial charge in [-0.3, -0.25) is 19.3 Å². The number of nitrogens with one attached hydrogen (secondary N) is 2. The third-order valence-corrected chi connectivity index (χ3v) is 6.99. The van der Waals surface area contributed by atoms with Crippen molar-refractivity contribution in [3.63, 3.8) is 0 Å². The Morgan fingerprint density at radius 1 is 1.11 bits per heavy atom. The Morgan fingerprint density at radius 2 is 1.86 bits per heavy atom. The minimum atomic E-state index is -0.813. The molecule has 8 nitrogen and oxygen atoms in total. The summed E-state index contributed by atoms with van der Waals surface area (Å²) in [6, 6.07) is 12.2. The van der Waals surface area contributed by atoms with Gasteiger partial charge < -0.3 is 15.2 Å². The van der Waals surface area contributed by atoms with E-state index in [-0.39, 0.29) is 36.6 Å². The first-order valence-electron chi connectivity index (χ1n) is 11.9. The molecule has 0 spiro atoms. The summed E-state index contributed by atoms with van der Waals surface area (Å²) < 4.78 is 4.97. The second-order valence-electron chi connectivity index (χ2n) is 8.88. The van der Waals surface area contributed by atoms with Crippen molar-refractivity contribution in [3.05, 3.63) is 64.0 Å². The second kappa shape index (κ2) is 11.3. The van der Waals surface area contributed by atoms with Gasteiger partial charge in [-0.2, -0.15) is 0 Å². The van der Waals surface area contributed by atoms with E-state index in [0.717, 1.165) is 36.1 Å². The number of aromatic nitrogens is 1. The van der Waals surface area contributed by atoms with Gasteiger partial charge in [0.1, 0.15) is 11.8 Å². The molecular formula is C26H30N4O4S. The molecule has 1 aliphatic carbocycles. The molecule has 0 aliphatic heterocycles. The van der Waals surface area contributed by atoms with Gasteiger partial charge in [-0.15, -0.1) is 11.3 Å². The summed E-state index contributed by atoms with van der Waals surface area (Å²) in [7, 11) is 0. The lowest BCUT2D eigenvalue weighted by Gasteiger charge is -2.31. The number of nitrogens with zero attached hydrogens (tertiary/aromatic N) is 2. The lowest BCUT2D eigenvalue weighted by molar-refractivity contribution is -0.127. The Labute approximate surface area is 208 Å². The van der Waals surface area contributed by atoms with E-state index in [1.807, 2.05) is 48.7 Å². The van der Waals surface area contributed by atoms with Gasteiger partial charge in [0.25, 0.3) is 0 Å². The van der Waals surface area contributed by atoms with Crippen molar-refractivity contribution in [2.75, 3.05) is 10.2 Å². The maximum absolute atomic E-state index is 13.6. The van der Waals surface area contributed by atoms with E-state index < -0.39 is 6.04 Å². The van der Waals surface area contributed by atoms with Crippen molar-refractivity contribution in [1.29, 1.82) is 0 Å². The smallest absolute Gasteiger partial charge is 0.248 e. The van der Waals surface area contributed by atoms with Crippen molar-refractivity contribution in [2.45, 2.75) is 64.5 Å². The van der Waals surface area contributed by atoms with Crippen molar-refractivity contribution >= 4 is 40.6 Å². The minimum absolute atomic E-state index is 0.0471.